The number of nitrogens with one attached hydrogen (secondary N) is 2. The van der Waals surface area contributed by atoms with Gasteiger partial charge in [0.15, 0.2) is 0 Å². The number of carbonyl (C=O) groups is 1. The molecule has 1 saturated heterocycles. The number of likely N-dealkylation sites (N-methyl/N-ethyl adjacent to an activating group) is 1. The smallest absolute Gasteiger partial charge is 0.257 e. The molecule has 0 unspecified atom stereocenters. The number of carbonyl (C=O) groups excluding carboxylic acids is 1. The van der Waals surface area contributed by atoms with Gasteiger partial charge in [0.1, 0.15) is 17.3 Å². The second kappa shape index (κ2) is 12.9. The summed E-state index contributed by atoms with van der Waals surface area (Å²) in [5.41, 5.74) is 1.57. The number of hydrogen-bond donors (Lipinski definition) is 3. The quantitative estimate of drug-likeness (QED) is 0.354. The van der Waals surface area contributed by atoms with Crippen molar-refractivity contribution in [3.63, 3.8) is 0 Å². The molecular weight excluding hydrogens is 537 g/mol. The van der Waals surface area contributed by atoms with Gasteiger partial charge in [-0.25, -0.2) is 9.37 Å². The van der Waals surface area contributed by atoms with Crippen LogP contribution in [0, 0.1) is 11.7 Å². The number of nitrogens with zero attached hydrogens (tertiary/aromatic N) is 5. The average molecular weight is 570 g/mol. The van der Waals surface area contributed by atoms with Gasteiger partial charge in [0.05, 0.1) is 24.9 Å². The van der Waals surface area contributed by atoms with Gasteiger partial charge < -0.3 is 25.4 Å². The van der Waals surface area contributed by atoms with Crippen LogP contribution in [0.2, 0.25) is 5.02 Å². The molecule has 3 N–H and O–H groups in total. The summed E-state index contributed by atoms with van der Waals surface area (Å²) in [6.45, 7) is 4.33. The number of aromatic nitrogens is 3. The molecule has 1 aliphatic heterocycles. The molecule has 0 bridgehead atoms. The Kier molecular flexibility index (Phi) is 9.05. The fourth-order valence-electron chi connectivity index (χ4n) is 4.81. The Morgan fingerprint density at radius 3 is 2.83 bits per heavy atom. The largest absolute Gasteiger partial charge is 0.475 e. The van der Waals surface area contributed by atoms with Crippen molar-refractivity contribution in [3.05, 3.63) is 53.4 Å². The number of pyridine rings is 1. The Hall–Kier alpha value is -3.38. The molecule has 2 aliphatic rings. The second-order valence-corrected chi connectivity index (χ2v) is 10.8. The van der Waals surface area contributed by atoms with Crippen LogP contribution in [0.1, 0.15) is 19.3 Å². The van der Waals surface area contributed by atoms with E-state index in [1.54, 1.807) is 24.4 Å². The Labute approximate surface area is 237 Å². The van der Waals surface area contributed by atoms with E-state index in [4.69, 9.17) is 16.3 Å². The van der Waals surface area contributed by atoms with E-state index < -0.39 is 5.82 Å². The molecule has 1 saturated carbocycles. The van der Waals surface area contributed by atoms with Gasteiger partial charge in [-0.3, -0.25) is 9.69 Å². The number of halogens is 2. The lowest BCUT2D eigenvalue weighted by Crippen LogP contribution is -2.36. The molecule has 212 valence electrons. The van der Waals surface area contributed by atoms with Gasteiger partial charge >= 0.3 is 0 Å². The minimum Gasteiger partial charge on any atom is -0.475 e. The van der Waals surface area contributed by atoms with Crippen LogP contribution in [-0.2, 0) is 4.79 Å². The zero-order valence-electron chi connectivity index (χ0n) is 22.3. The molecule has 1 aliphatic carbocycles. The highest BCUT2D eigenvalue weighted by atomic mass is 35.5. The monoisotopic (exact) mass is 569 g/mol. The summed E-state index contributed by atoms with van der Waals surface area (Å²) >= 11 is 6.10. The average Bonchev–Trinajstić information content (AvgIpc) is 3.11. The van der Waals surface area contributed by atoms with Crippen molar-refractivity contribution in [2.75, 3.05) is 57.0 Å². The van der Waals surface area contributed by atoms with Crippen LogP contribution < -0.4 is 15.4 Å². The Balaban J connectivity index is 1.32. The third-order valence-electron chi connectivity index (χ3n) is 7.12. The van der Waals surface area contributed by atoms with Crippen molar-refractivity contribution >= 4 is 34.7 Å². The van der Waals surface area contributed by atoms with Crippen molar-refractivity contribution in [3.8, 4) is 17.1 Å². The minimum absolute atomic E-state index is 0.134. The summed E-state index contributed by atoms with van der Waals surface area (Å²) in [5.74, 6) is 0.246. The van der Waals surface area contributed by atoms with E-state index in [-0.39, 0.29) is 35.1 Å². The molecule has 3 heterocycles. The first-order chi connectivity index (χ1) is 19.3. The highest BCUT2D eigenvalue weighted by Gasteiger charge is 2.28. The maximum atomic E-state index is 14.6. The molecule has 2 aromatic heterocycles. The van der Waals surface area contributed by atoms with Crippen molar-refractivity contribution in [1.82, 2.24) is 25.0 Å². The number of anilines is 3. The Bertz CT molecular complexity index is 1340. The number of benzene rings is 1. The number of ether oxygens (including phenoxy) is 1. The number of hydrogen-bond acceptors (Lipinski definition) is 9. The van der Waals surface area contributed by atoms with E-state index in [2.05, 4.69) is 42.7 Å². The summed E-state index contributed by atoms with van der Waals surface area (Å²) in [7, 11) is 2.09. The number of aliphatic hydroxyl groups excluding tert-OH is 1. The normalized spacial score (nSPS) is 19.9. The SMILES string of the molecule is CN1CCCN(CC(=O)Nc2cc(Nc3cc(-c4cc(Cl)ccc4F)nnc3OC[C@H]3C[C@@H](O)C3)ccn2)CC1. The third kappa shape index (κ3) is 7.42. The van der Waals surface area contributed by atoms with Crippen LogP contribution in [0.15, 0.2) is 42.6 Å². The molecule has 0 radical (unpaired) electrons. The standard InChI is InChI=1S/C28H33ClFN7O3/c1-36-7-2-8-37(10-9-36)16-27(39)33-26-14-20(5-6-31-26)32-25-15-24(22-13-19(29)3-4-23(22)30)34-35-28(25)40-17-18-11-21(38)12-18/h3-6,13-15,18,21,38H,2,7-12,16-17H2,1H3,(H2,31,32,33,34,39)/t18-,21+. The topological polar surface area (TPSA) is 116 Å². The van der Waals surface area contributed by atoms with Crippen molar-refractivity contribution < 1.29 is 19.0 Å². The van der Waals surface area contributed by atoms with Crippen molar-refractivity contribution in [1.29, 1.82) is 0 Å². The van der Waals surface area contributed by atoms with E-state index in [0.717, 1.165) is 32.6 Å². The zero-order valence-corrected chi connectivity index (χ0v) is 23.1. The number of rotatable bonds is 9. The predicted octanol–water partition coefficient (Wildman–Crippen LogP) is 3.80. The highest BCUT2D eigenvalue weighted by molar-refractivity contribution is 6.30. The van der Waals surface area contributed by atoms with Crippen LogP contribution in [-0.4, -0.2) is 88.5 Å². The fourth-order valence-corrected chi connectivity index (χ4v) is 4.98. The van der Waals surface area contributed by atoms with Gasteiger partial charge in [-0.15, -0.1) is 10.2 Å². The second-order valence-electron chi connectivity index (χ2n) is 10.4. The lowest BCUT2D eigenvalue weighted by atomic mass is 9.83. The van der Waals surface area contributed by atoms with E-state index in [1.165, 1.54) is 18.2 Å². The molecule has 0 spiro atoms. The summed E-state index contributed by atoms with van der Waals surface area (Å²) < 4.78 is 20.5. The number of aliphatic hydroxyl groups is 1. The van der Waals surface area contributed by atoms with E-state index in [0.29, 0.717) is 48.2 Å². The molecule has 2 fully saturated rings. The van der Waals surface area contributed by atoms with E-state index in [9.17, 15) is 14.3 Å². The van der Waals surface area contributed by atoms with E-state index >= 15 is 0 Å². The molecule has 5 rings (SSSR count). The molecule has 1 aromatic carbocycles. The highest BCUT2D eigenvalue weighted by Crippen LogP contribution is 2.33. The third-order valence-corrected chi connectivity index (χ3v) is 7.35. The molecule has 40 heavy (non-hydrogen) atoms. The minimum atomic E-state index is -0.480. The van der Waals surface area contributed by atoms with Gasteiger partial charge in [-0.05, 0) is 75.6 Å². The van der Waals surface area contributed by atoms with Crippen LogP contribution in [0.3, 0.4) is 0 Å². The molecule has 10 nitrogen and oxygen atoms in total. The molecule has 3 aromatic rings. The Morgan fingerprint density at radius 1 is 1.15 bits per heavy atom. The zero-order chi connectivity index (χ0) is 28.1. The van der Waals surface area contributed by atoms with Crippen LogP contribution in [0.4, 0.5) is 21.6 Å². The van der Waals surface area contributed by atoms with Gasteiger partial charge in [0.25, 0.3) is 5.88 Å². The first kappa shape index (κ1) is 28.2. The Morgan fingerprint density at radius 2 is 2.00 bits per heavy atom. The van der Waals surface area contributed by atoms with Crippen molar-refractivity contribution in [2.45, 2.75) is 25.4 Å². The first-order valence-electron chi connectivity index (χ1n) is 13.4. The molecular formula is C28H33ClFN7O3. The first-order valence-corrected chi connectivity index (χ1v) is 13.8. The van der Waals surface area contributed by atoms with Gasteiger partial charge in [-0.2, -0.15) is 0 Å². The van der Waals surface area contributed by atoms with Crippen LogP contribution >= 0.6 is 11.6 Å². The van der Waals surface area contributed by atoms with Crippen molar-refractivity contribution in [2.24, 2.45) is 5.92 Å². The summed E-state index contributed by atoms with van der Waals surface area (Å²) in [4.78, 5) is 21.4. The fraction of sp³-hybridized carbons (Fsp3) is 0.429. The van der Waals surface area contributed by atoms with Crippen LogP contribution in [0.5, 0.6) is 5.88 Å². The van der Waals surface area contributed by atoms with Gasteiger partial charge in [0.2, 0.25) is 5.91 Å². The maximum Gasteiger partial charge on any atom is 0.257 e. The number of amides is 1. The van der Waals surface area contributed by atoms with Gasteiger partial charge in [-0.1, -0.05) is 11.6 Å². The molecule has 0 atom stereocenters. The van der Waals surface area contributed by atoms with E-state index in [1.807, 2.05) is 0 Å². The summed E-state index contributed by atoms with van der Waals surface area (Å²) in [5, 5.41) is 24.5. The summed E-state index contributed by atoms with van der Waals surface area (Å²) in [6.07, 6.45) is 3.65. The predicted molar refractivity (Wildman–Crippen MR) is 151 cm³/mol. The van der Waals surface area contributed by atoms with Crippen LogP contribution in [0.25, 0.3) is 11.3 Å². The molecule has 12 heteroatoms. The lowest BCUT2D eigenvalue weighted by molar-refractivity contribution is -0.117. The van der Waals surface area contributed by atoms with Gasteiger partial charge in [0, 0.05) is 41.6 Å². The maximum absolute atomic E-state index is 14.6. The lowest BCUT2D eigenvalue weighted by Gasteiger charge is -2.30. The summed E-state index contributed by atoms with van der Waals surface area (Å²) in [6, 6.07) is 9.33. The molecule has 1 amide bonds.